The molecule has 0 aromatic heterocycles. The maximum absolute atomic E-state index is 10.3. The Hall–Kier alpha value is -0.620. The number of hydrogen-bond acceptors (Lipinski definition) is 4. The monoisotopic (exact) mass is 368 g/mol. The zero-order valence-corrected chi connectivity index (χ0v) is 14.5. The van der Waals surface area contributed by atoms with Crippen molar-refractivity contribution in [2.45, 2.75) is 31.4 Å². The topological polar surface area (TPSA) is 35.9 Å². The van der Waals surface area contributed by atoms with Crippen LogP contribution in [0.3, 0.4) is 0 Å². The molecule has 1 aromatic carbocycles. The fourth-order valence-corrected chi connectivity index (χ4v) is 3.79. The normalized spacial score (nSPS) is 24.7. The Morgan fingerprint density at radius 1 is 1.18 bits per heavy atom. The van der Waals surface area contributed by atoms with Gasteiger partial charge < -0.3 is 9.84 Å². The predicted molar refractivity (Wildman–Crippen MR) is 91.3 cm³/mol. The zero-order valence-electron chi connectivity index (χ0n) is 13.0. The van der Waals surface area contributed by atoms with Crippen LogP contribution in [0, 0.1) is 0 Å². The van der Waals surface area contributed by atoms with Crippen LogP contribution in [0.2, 0.25) is 0 Å². The fourth-order valence-electron chi connectivity index (χ4n) is 3.52. The SMILES string of the molecule is OC(COc1ccc(Br)cc1)CN1CCCN2CCCC2C1. The number of β-amino-alcohol motifs (C(OH)–C–C–N with tert-alkyl or cyclic N) is 1. The first-order chi connectivity index (χ1) is 10.7. The molecule has 2 unspecified atom stereocenters. The van der Waals surface area contributed by atoms with E-state index in [1.807, 2.05) is 24.3 Å². The van der Waals surface area contributed by atoms with Crippen LogP contribution in [0.15, 0.2) is 28.7 Å². The predicted octanol–water partition coefficient (Wildman–Crippen LogP) is 2.36. The van der Waals surface area contributed by atoms with Gasteiger partial charge in [0.05, 0.1) is 0 Å². The van der Waals surface area contributed by atoms with E-state index in [1.165, 1.54) is 32.4 Å². The van der Waals surface area contributed by atoms with Gasteiger partial charge in [0, 0.05) is 23.6 Å². The highest BCUT2D eigenvalue weighted by molar-refractivity contribution is 9.10. The summed E-state index contributed by atoms with van der Waals surface area (Å²) in [6, 6.07) is 8.43. The molecule has 2 heterocycles. The Morgan fingerprint density at radius 3 is 2.77 bits per heavy atom. The van der Waals surface area contributed by atoms with Crippen LogP contribution in [0.5, 0.6) is 5.75 Å². The second-order valence-corrected chi connectivity index (χ2v) is 7.28. The van der Waals surface area contributed by atoms with Crippen molar-refractivity contribution in [3.8, 4) is 5.75 Å². The van der Waals surface area contributed by atoms with Gasteiger partial charge in [0.25, 0.3) is 0 Å². The molecule has 3 rings (SSSR count). The van der Waals surface area contributed by atoms with Crippen LogP contribution < -0.4 is 4.74 Å². The molecule has 1 aromatic rings. The van der Waals surface area contributed by atoms with Crippen molar-refractivity contribution in [3.05, 3.63) is 28.7 Å². The van der Waals surface area contributed by atoms with Crippen LogP contribution in [-0.4, -0.2) is 66.4 Å². The van der Waals surface area contributed by atoms with Gasteiger partial charge in [0.2, 0.25) is 0 Å². The Balaban J connectivity index is 1.44. The first kappa shape index (κ1) is 16.2. The van der Waals surface area contributed by atoms with Crippen LogP contribution in [0.4, 0.5) is 0 Å². The van der Waals surface area contributed by atoms with E-state index in [9.17, 15) is 5.11 Å². The minimum atomic E-state index is -0.434. The molecule has 0 radical (unpaired) electrons. The lowest BCUT2D eigenvalue weighted by Crippen LogP contribution is -2.41. The van der Waals surface area contributed by atoms with Crippen LogP contribution in [0.25, 0.3) is 0 Å². The lowest BCUT2D eigenvalue weighted by Gasteiger charge is -2.27. The lowest BCUT2D eigenvalue weighted by atomic mass is 10.2. The number of ether oxygens (including phenoxy) is 1. The maximum Gasteiger partial charge on any atom is 0.119 e. The summed E-state index contributed by atoms with van der Waals surface area (Å²) in [5.74, 6) is 0.806. The van der Waals surface area contributed by atoms with Crippen LogP contribution in [0.1, 0.15) is 19.3 Å². The summed E-state index contributed by atoms with van der Waals surface area (Å²) in [6.45, 7) is 5.71. The van der Waals surface area contributed by atoms with Gasteiger partial charge >= 0.3 is 0 Å². The first-order valence-electron chi connectivity index (χ1n) is 8.23. The van der Waals surface area contributed by atoms with Gasteiger partial charge in [-0.3, -0.25) is 9.80 Å². The van der Waals surface area contributed by atoms with E-state index in [4.69, 9.17) is 4.74 Å². The fraction of sp³-hybridized carbons (Fsp3) is 0.647. The largest absolute Gasteiger partial charge is 0.491 e. The average molecular weight is 369 g/mol. The van der Waals surface area contributed by atoms with E-state index in [2.05, 4.69) is 25.7 Å². The molecule has 2 atom stereocenters. The molecule has 0 bridgehead atoms. The van der Waals surface area contributed by atoms with Gasteiger partial charge in [-0.05, 0) is 63.2 Å². The van der Waals surface area contributed by atoms with Gasteiger partial charge in [-0.25, -0.2) is 0 Å². The van der Waals surface area contributed by atoms with E-state index in [-0.39, 0.29) is 0 Å². The quantitative estimate of drug-likeness (QED) is 0.865. The number of hydrogen-bond donors (Lipinski definition) is 1. The maximum atomic E-state index is 10.3. The molecular formula is C17H25BrN2O2. The third-order valence-corrected chi connectivity index (χ3v) is 5.14. The molecular weight excluding hydrogens is 344 g/mol. The Morgan fingerprint density at radius 2 is 1.95 bits per heavy atom. The summed E-state index contributed by atoms with van der Waals surface area (Å²) >= 11 is 3.41. The lowest BCUT2D eigenvalue weighted by molar-refractivity contribution is 0.0658. The van der Waals surface area contributed by atoms with Gasteiger partial charge in [-0.15, -0.1) is 0 Å². The molecule has 122 valence electrons. The zero-order chi connectivity index (χ0) is 15.4. The molecule has 2 saturated heterocycles. The molecule has 5 heteroatoms. The summed E-state index contributed by atoms with van der Waals surface area (Å²) in [6.07, 6.45) is 3.41. The summed E-state index contributed by atoms with van der Waals surface area (Å²) in [7, 11) is 0. The number of benzene rings is 1. The van der Waals surface area contributed by atoms with Gasteiger partial charge in [0.15, 0.2) is 0 Å². The van der Waals surface area contributed by atoms with Crippen molar-refractivity contribution in [3.63, 3.8) is 0 Å². The third kappa shape index (κ3) is 4.44. The number of fused-ring (bicyclic) bond motifs is 1. The van der Waals surface area contributed by atoms with E-state index in [0.29, 0.717) is 19.2 Å². The number of aliphatic hydroxyl groups excluding tert-OH is 1. The van der Waals surface area contributed by atoms with Crippen LogP contribution in [-0.2, 0) is 0 Å². The van der Waals surface area contributed by atoms with Crippen LogP contribution >= 0.6 is 15.9 Å². The highest BCUT2D eigenvalue weighted by Gasteiger charge is 2.29. The van der Waals surface area contributed by atoms with E-state index >= 15 is 0 Å². The van der Waals surface area contributed by atoms with Crippen molar-refractivity contribution < 1.29 is 9.84 Å². The highest BCUT2D eigenvalue weighted by Crippen LogP contribution is 2.21. The van der Waals surface area contributed by atoms with Crippen molar-refractivity contribution in [2.24, 2.45) is 0 Å². The molecule has 2 aliphatic heterocycles. The third-order valence-electron chi connectivity index (χ3n) is 4.61. The summed E-state index contributed by atoms with van der Waals surface area (Å²) in [4.78, 5) is 5.02. The Bertz CT molecular complexity index is 468. The minimum Gasteiger partial charge on any atom is -0.491 e. The van der Waals surface area contributed by atoms with Gasteiger partial charge in [-0.2, -0.15) is 0 Å². The van der Waals surface area contributed by atoms with Gasteiger partial charge in [-0.1, -0.05) is 15.9 Å². The molecule has 22 heavy (non-hydrogen) atoms. The van der Waals surface area contributed by atoms with Crippen molar-refractivity contribution >= 4 is 15.9 Å². The molecule has 2 aliphatic rings. The van der Waals surface area contributed by atoms with E-state index in [0.717, 1.165) is 23.3 Å². The average Bonchev–Trinajstić information content (AvgIpc) is 2.85. The van der Waals surface area contributed by atoms with Crippen molar-refractivity contribution in [1.82, 2.24) is 9.80 Å². The second-order valence-electron chi connectivity index (χ2n) is 6.36. The number of aliphatic hydroxyl groups is 1. The van der Waals surface area contributed by atoms with E-state index in [1.54, 1.807) is 0 Å². The molecule has 4 nitrogen and oxygen atoms in total. The number of halogens is 1. The molecule has 1 N–H and O–H groups in total. The summed E-state index contributed by atoms with van der Waals surface area (Å²) in [5, 5.41) is 10.3. The molecule has 0 spiro atoms. The number of rotatable bonds is 5. The van der Waals surface area contributed by atoms with Gasteiger partial charge in [0.1, 0.15) is 18.5 Å². The molecule has 0 aliphatic carbocycles. The first-order valence-corrected chi connectivity index (χ1v) is 9.03. The number of nitrogens with zero attached hydrogens (tertiary/aromatic N) is 2. The highest BCUT2D eigenvalue weighted by atomic mass is 79.9. The summed E-state index contributed by atoms with van der Waals surface area (Å²) in [5.41, 5.74) is 0. The van der Waals surface area contributed by atoms with E-state index < -0.39 is 6.10 Å². The summed E-state index contributed by atoms with van der Waals surface area (Å²) < 4.78 is 6.71. The second kappa shape index (κ2) is 7.77. The Labute approximate surface area is 141 Å². The molecule has 0 saturated carbocycles. The Kier molecular flexibility index (Phi) is 5.74. The van der Waals surface area contributed by atoms with Crippen molar-refractivity contribution in [2.75, 3.05) is 39.3 Å². The minimum absolute atomic E-state index is 0.354. The van der Waals surface area contributed by atoms with Crippen molar-refractivity contribution in [1.29, 1.82) is 0 Å². The smallest absolute Gasteiger partial charge is 0.119 e. The molecule has 2 fully saturated rings. The standard InChI is InChI=1S/C17H25BrN2O2/c18-14-4-6-17(7-5-14)22-13-16(21)12-19-8-2-10-20-9-1-3-15(20)11-19/h4-7,15-16,21H,1-3,8-13H2. The molecule has 0 amide bonds.